The largest absolute Gasteiger partial charge is 0.477 e. The molecule has 0 unspecified atom stereocenters. The van der Waals surface area contributed by atoms with E-state index < -0.39 is 41.4 Å². The molecule has 2 aliphatic heterocycles. The van der Waals surface area contributed by atoms with Crippen LogP contribution < -0.4 is 15.5 Å². The van der Waals surface area contributed by atoms with Crippen LogP contribution in [0.25, 0.3) is 16.6 Å². The van der Waals surface area contributed by atoms with Crippen molar-refractivity contribution < 1.29 is 38.6 Å². The van der Waals surface area contributed by atoms with E-state index >= 15 is 0 Å². The number of rotatable bonds is 9. The first-order chi connectivity index (χ1) is 28.2. The summed E-state index contributed by atoms with van der Waals surface area (Å²) in [6.07, 6.45) is 3.41. The number of halogens is 1. The van der Waals surface area contributed by atoms with Crippen LogP contribution in [-0.4, -0.2) is 113 Å². The van der Waals surface area contributed by atoms with E-state index in [1.54, 1.807) is 62.1 Å². The van der Waals surface area contributed by atoms with Gasteiger partial charge in [0.15, 0.2) is 0 Å². The van der Waals surface area contributed by atoms with E-state index in [0.717, 1.165) is 23.8 Å². The number of carbonyl (C=O) groups excluding carboxylic acids is 5. The lowest BCUT2D eigenvalue weighted by molar-refractivity contribution is -0.149. The second-order valence-corrected chi connectivity index (χ2v) is 15.6. The van der Waals surface area contributed by atoms with Crippen molar-refractivity contribution in [2.75, 3.05) is 41.7 Å². The topological polar surface area (TPSA) is 214 Å². The van der Waals surface area contributed by atoms with Crippen LogP contribution in [0.15, 0.2) is 73.1 Å². The van der Waals surface area contributed by atoms with E-state index in [-0.39, 0.29) is 42.4 Å². The van der Waals surface area contributed by atoms with Gasteiger partial charge in [-0.3, -0.25) is 14.4 Å². The summed E-state index contributed by atoms with van der Waals surface area (Å²) < 4.78 is 7.74. The third-order valence-corrected chi connectivity index (χ3v) is 10.1. The van der Waals surface area contributed by atoms with E-state index in [9.17, 15) is 33.9 Å². The van der Waals surface area contributed by atoms with Gasteiger partial charge in [-0.15, -0.1) is 5.10 Å². The molecule has 7 rings (SSSR count). The van der Waals surface area contributed by atoms with Gasteiger partial charge in [0.25, 0.3) is 0 Å². The van der Waals surface area contributed by atoms with Crippen molar-refractivity contribution in [1.29, 1.82) is 0 Å². The first kappa shape index (κ1) is 40.4. The highest BCUT2D eigenvalue weighted by molar-refractivity contribution is 6.41. The molecule has 0 aliphatic carbocycles. The molecule has 2 aromatic heterocycles. The number of nitrogens with one attached hydrogen (secondary N) is 2. The molecule has 2 fully saturated rings. The molecule has 1 atom stereocenters. The smallest absolute Gasteiger partial charge is 0.419 e. The average Bonchev–Trinajstić information content (AvgIpc) is 3.88. The Kier molecular flexibility index (Phi) is 11.3. The van der Waals surface area contributed by atoms with Crippen LogP contribution in [0.5, 0.6) is 0 Å². The number of ether oxygens (including phenoxy) is 1. The molecule has 5 aromatic rings. The molecular weight excluding hydrogens is 784 g/mol. The second-order valence-electron chi connectivity index (χ2n) is 15.2. The van der Waals surface area contributed by atoms with Gasteiger partial charge in [-0.1, -0.05) is 23.7 Å². The molecule has 0 bridgehead atoms. The Labute approximate surface area is 342 Å². The summed E-state index contributed by atoms with van der Waals surface area (Å²) in [7, 11) is 0. The third-order valence-electron chi connectivity index (χ3n) is 9.90. The fourth-order valence-corrected chi connectivity index (χ4v) is 7.29. The number of carbonyl (C=O) groups is 6. The number of tetrazole rings is 1. The van der Waals surface area contributed by atoms with Crippen LogP contribution >= 0.6 is 11.6 Å². The Hall–Kier alpha value is -6.82. The third kappa shape index (κ3) is 8.86. The quantitative estimate of drug-likeness (QED) is 0.164. The molecule has 19 heteroatoms. The summed E-state index contributed by atoms with van der Waals surface area (Å²) in [6.45, 7) is 6.29. The lowest BCUT2D eigenvalue weighted by atomic mass is 10.0. The monoisotopic (exact) mass is 824 g/mol. The minimum atomic E-state index is -1.36. The number of likely N-dealkylation sites (tertiary alicyclic amines) is 1. The Balaban J connectivity index is 1.17. The number of urea groups is 1. The number of nitrogens with zero attached hydrogens (tertiary/aromatic N) is 8. The van der Waals surface area contributed by atoms with Crippen LogP contribution in [0.2, 0.25) is 5.02 Å². The number of hydrogen-bond acceptors (Lipinski definition) is 10. The molecule has 2 aliphatic rings. The first-order valence-electron chi connectivity index (χ1n) is 18.9. The van der Waals surface area contributed by atoms with Gasteiger partial charge >= 0.3 is 29.9 Å². The molecule has 18 nitrogen and oxygen atoms in total. The summed E-state index contributed by atoms with van der Waals surface area (Å²) in [5.74, 6) is -3.85. The maximum Gasteiger partial charge on any atom is 0.419 e. The number of carboxylic acid groups (broad SMARTS) is 1. The van der Waals surface area contributed by atoms with Crippen LogP contribution in [-0.2, 0) is 25.5 Å². The minimum Gasteiger partial charge on any atom is -0.477 e. The first-order valence-corrected chi connectivity index (χ1v) is 19.3. The summed E-state index contributed by atoms with van der Waals surface area (Å²) in [4.78, 5) is 84.6. The number of benzene rings is 3. The summed E-state index contributed by atoms with van der Waals surface area (Å²) in [6, 6.07) is 16.0. The van der Waals surface area contributed by atoms with Gasteiger partial charge in [0.05, 0.1) is 16.9 Å². The van der Waals surface area contributed by atoms with Crippen molar-refractivity contribution in [2.45, 2.75) is 58.1 Å². The number of aromatic carboxylic acids is 1. The molecule has 3 N–H and O–H groups in total. The molecule has 0 radical (unpaired) electrons. The van der Waals surface area contributed by atoms with Crippen LogP contribution in [0, 0.1) is 0 Å². The number of carboxylic acids is 1. The van der Waals surface area contributed by atoms with Gasteiger partial charge in [0.1, 0.15) is 23.7 Å². The standard InChI is InChI=1S/C40H41ClN10O8/c1-40(2,3)59-39(58)51-29-14-12-28(20-25(29)21-33(51)37(55)56)43-34(52)32(19-24-7-10-27(11-8-24)44-38(57)47-15-5-4-6-16-47)49-18-17-48(35(53)36(49)54)31-22-26(41)9-13-30(31)50-23-42-45-46-50/h7-14,20-23,32H,4-6,15-19H2,1-3H3,(H,43,52)(H,44,57)(H,55,56)/t32-/m0/s1. The van der Waals surface area contributed by atoms with Gasteiger partial charge in [-0.05, 0) is 111 Å². The zero-order valence-corrected chi connectivity index (χ0v) is 33.2. The van der Waals surface area contributed by atoms with Crippen molar-refractivity contribution >= 4 is 75.4 Å². The van der Waals surface area contributed by atoms with Gasteiger partial charge in [-0.2, -0.15) is 4.68 Å². The van der Waals surface area contributed by atoms with Crippen molar-refractivity contribution in [2.24, 2.45) is 0 Å². The number of aromatic nitrogens is 5. The zero-order chi connectivity index (χ0) is 42.0. The molecule has 3 aromatic carbocycles. The predicted molar refractivity (Wildman–Crippen MR) is 216 cm³/mol. The molecule has 5 amide bonds. The maximum atomic E-state index is 14.3. The van der Waals surface area contributed by atoms with Crippen molar-refractivity contribution in [1.82, 2.24) is 34.6 Å². The van der Waals surface area contributed by atoms with Gasteiger partial charge < -0.3 is 35.2 Å². The number of hydrogen-bond donors (Lipinski definition) is 3. The molecule has 4 heterocycles. The van der Waals surface area contributed by atoms with E-state index in [1.807, 2.05) is 0 Å². The van der Waals surface area contributed by atoms with E-state index in [1.165, 1.54) is 51.1 Å². The van der Waals surface area contributed by atoms with E-state index in [4.69, 9.17) is 16.3 Å². The molecular formula is C40H41ClN10O8. The zero-order valence-electron chi connectivity index (χ0n) is 32.4. The predicted octanol–water partition coefficient (Wildman–Crippen LogP) is 5.19. The number of fused-ring (bicyclic) bond motifs is 1. The van der Waals surface area contributed by atoms with Gasteiger partial charge in [-0.25, -0.2) is 19.0 Å². The normalized spacial score (nSPS) is 15.3. The highest BCUT2D eigenvalue weighted by Gasteiger charge is 2.41. The second kappa shape index (κ2) is 16.6. The molecule has 59 heavy (non-hydrogen) atoms. The van der Waals surface area contributed by atoms with E-state index in [0.29, 0.717) is 46.1 Å². The lowest BCUT2D eigenvalue weighted by Crippen LogP contribution is -2.60. The van der Waals surface area contributed by atoms with Crippen molar-refractivity contribution in [3.05, 3.63) is 89.3 Å². The average molecular weight is 825 g/mol. The Morgan fingerprint density at radius 3 is 2.25 bits per heavy atom. The molecule has 2 saturated heterocycles. The van der Waals surface area contributed by atoms with Crippen molar-refractivity contribution in [3.8, 4) is 5.69 Å². The number of piperazine rings is 1. The number of piperidine rings is 1. The number of amides is 5. The van der Waals surface area contributed by atoms with Gasteiger partial charge in [0, 0.05) is 54.4 Å². The lowest BCUT2D eigenvalue weighted by Gasteiger charge is -2.38. The van der Waals surface area contributed by atoms with Crippen molar-refractivity contribution in [3.63, 3.8) is 0 Å². The van der Waals surface area contributed by atoms with E-state index in [2.05, 4.69) is 26.2 Å². The Morgan fingerprint density at radius 1 is 0.847 bits per heavy atom. The highest BCUT2D eigenvalue weighted by Crippen LogP contribution is 2.31. The molecule has 306 valence electrons. The molecule has 0 spiro atoms. The molecule has 0 saturated carbocycles. The van der Waals surface area contributed by atoms with Crippen LogP contribution in [0.1, 0.15) is 56.1 Å². The summed E-state index contributed by atoms with van der Waals surface area (Å²) >= 11 is 6.32. The Morgan fingerprint density at radius 2 is 1.58 bits per heavy atom. The fourth-order valence-electron chi connectivity index (χ4n) is 7.13. The SMILES string of the molecule is CC(C)(C)OC(=O)n1c(C(=O)O)cc2cc(NC(=O)[C@H](Cc3ccc(NC(=O)N4CCCCC4)cc3)N3CCN(c4cc(Cl)ccc4-n4cnnn4)C(=O)C3=O)ccc21. The van der Waals surface area contributed by atoms with Gasteiger partial charge in [0.2, 0.25) is 5.91 Å². The fraction of sp³-hybridized carbons (Fsp3) is 0.325. The summed E-state index contributed by atoms with van der Waals surface area (Å²) in [5, 5.41) is 27.5. The highest BCUT2D eigenvalue weighted by atomic mass is 35.5. The van der Waals surface area contributed by atoms with Crippen LogP contribution in [0.3, 0.4) is 0 Å². The summed E-state index contributed by atoms with van der Waals surface area (Å²) in [5.41, 5.74) is 1.12. The van der Waals surface area contributed by atoms with Crippen LogP contribution in [0.4, 0.5) is 26.7 Å². The minimum absolute atomic E-state index is 0.00655. The number of anilines is 3. The Bertz CT molecular complexity index is 2440. The maximum absolute atomic E-state index is 14.3.